The molecule has 2 saturated heterocycles. The normalized spacial score (nSPS) is 33.0. The first-order chi connectivity index (χ1) is 5.23. The molecule has 0 aliphatic carbocycles. The Morgan fingerprint density at radius 3 is 2.50 bits per heavy atom. The molecule has 0 unspecified atom stereocenters. The van der Waals surface area contributed by atoms with Gasteiger partial charge in [-0.05, 0) is 13.0 Å². The van der Waals surface area contributed by atoms with E-state index in [1.807, 2.05) is 0 Å². The molecule has 0 aromatic carbocycles. The topological polar surface area (TPSA) is 70.2 Å². The van der Waals surface area contributed by atoms with Crippen LogP contribution < -0.4 is 16.0 Å². The van der Waals surface area contributed by atoms with Crippen molar-refractivity contribution < 1.29 is 9.59 Å². The lowest BCUT2D eigenvalue weighted by molar-refractivity contribution is -0.123. The van der Waals surface area contributed by atoms with Crippen LogP contribution in [0.2, 0.25) is 0 Å². The number of urea groups is 1. The monoisotopic (exact) mass is 191 g/mol. The quantitative estimate of drug-likeness (QED) is 0.430. The van der Waals surface area contributed by atoms with Gasteiger partial charge in [0.1, 0.15) is 5.54 Å². The van der Waals surface area contributed by atoms with Crippen molar-refractivity contribution in [2.24, 2.45) is 0 Å². The molecule has 2 fully saturated rings. The molecule has 2 aliphatic rings. The second-order valence-electron chi connectivity index (χ2n) is 2.92. The van der Waals surface area contributed by atoms with Crippen molar-refractivity contribution in [3.8, 4) is 0 Å². The van der Waals surface area contributed by atoms with Crippen LogP contribution in [0, 0.1) is 0 Å². The van der Waals surface area contributed by atoms with Crippen molar-refractivity contribution >= 4 is 24.3 Å². The first-order valence-electron chi connectivity index (χ1n) is 3.57. The number of amides is 3. The van der Waals surface area contributed by atoms with Crippen molar-refractivity contribution in [1.82, 2.24) is 16.0 Å². The summed E-state index contributed by atoms with van der Waals surface area (Å²) in [4.78, 5) is 21.9. The number of rotatable bonds is 0. The van der Waals surface area contributed by atoms with Crippen LogP contribution >= 0.6 is 12.4 Å². The van der Waals surface area contributed by atoms with Crippen LogP contribution in [0.1, 0.15) is 6.42 Å². The van der Waals surface area contributed by atoms with Crippen LogP contribution in [0.3, 0.4) is 0 Å². The maximum atomic E-state index is 11.2. The van der Waals surface area contributed by atoms with Gasteiger partial charge in [-0.25, -0.2) is 4.79 Å². The first kappa shape index (κ1) is 9.28. The second kappa shape index (κ2) is 2.91. The zero-order valence-electron chi connectivity index (χ0n) is 6.35. The summed E-state index contributed by atoms with van der Waals surface area (Å²) in [5.41, 5.74) is -0.642. The van der Waals surface area contributed by atoms with E-state index < -0.39 is 5.54 Å². The maximum Gasteiger partial charge on any atom is 0.322 e. The number of nitrogens with one attached hydrogen (secondary N) is 3. The van der Waals surface area contributed by atoms with Gasteiger partial charge in [-0.3, -0.25) is 10.1 Å². The highest BCUT2D eigenvalue weighted by atomic mass is 35.5. The van der Waals surface area contributed by atoms with E-state index in [-0.39, 0.29) is 24.3 Å². The Morgan fingerprint density at radius 2 is 2.08 bits per heavy atom. The fourth-order valence-corrected chi connectivity index (χ4v) is 1.52. The van der Waals surface area contributed by atoms with Crippen molar-refractivity contribution in [2.75, 3.05) is 13.1 Å². The molecule has 0 bridgehead atoms. The molecule has 1 atom stereocenters. The van der Waals surface area contributed by atoms with Gasteiger partial charge in [0.05, 0.1) is 0 Å². The predicted octanol–water partition coefficient (Wildman–Crippen LogP) is -1.02. The summed E-state index contributed by atoms with van der Waals surface area (Å²) in [7, 11) is 0. The van der Waals surface area contributed by atoms with Gasteiger partial charge in [0.15, 0.2) is 0 Å². The van der Waals surface area contributed by atoms with E-state index in [0.29, 0.717) is 13.0 Å². The van der Waals surface area contributed by atoms with E-state index >= 15 is 0 Å². The standard InChI is InChI=1S/C6H9N3O2.ClH/c10-4-6(1-2-7-3-6)9-5(11)8-4;/h7H,1-3H2,(H2,8,9,10,11);1H/t6-;/m1./s1. The largest absolute Gasteiger partial charge is 0.322 e. The molecule has 0 saturated carbocycles. The molecule has 0 aromatic heterocycles. The van der Waals surface area contributed by atoms with Gasteiger partial charge in [0, 0.05) is 6.54 Å². The average Bonchev–Trinajstić information content (AvgIpc) is 2.45. The third-order valence-corrected chi connectivity index (χ3v) is 2.17. The molecule has 0 radical (unpaired) electrons. The molecule has 0 aromatic rings. The number of halogens is 1. The van der Waals surface area contributed by atoms with Gasteiger partial charge in [0.2, 0.25) is 0 Å². The van der Waals surface area contributed by atoms with E-state index in [4.69, 9.17) is 0 Å². The third-order valence-electron chi connectivity index (χ3n) is 2.17. The molecule has 2 heterocycles. The van der Waals surface area contributed by atoms with Gasteiger partial charge in [0.25, 0.3) is 5.91 Å². The summed E-state index contributed by atoms with van der Waals surface area (Å²) in [5.74, 6) is -0.201. The van der Waals surface area contributed by atoms with E-state index in [2.05, 4.69) is 16.0 Å². The molecule has 1 spiro atoms. The second-order valence-corrected chi connectivity index (χ2v) is 2.92. The molecular weight excluding hydrogens is 182 g/mol. The SMILES string of the molecule is Cl.O=C1NC(=O)[C@]2(CCNC2)N1. The molecule has 12 heavy (non-hydrogen) atoms. The Balaban J connectivity index is 0.000000720. The van der Waals surface area contributed by atoms with Gasteiger partial charge in [-0.2, -0.15) is 0 Å². The Morgan fingerprint density at radius 1 is 1.33 bits per heavy atom. The smallest absolute Gasteiger partial charge is 0.322 e. The van der Waals surface area contributed by atoms with E-state index in [1.54, 1.807) is 0 Å². The minimum absolute atomic E-state index is 0. The summed E-state index contributed by atoms with van der Waals surface area (Å²) >= 11 is 0. The van der Waals surface area contributed by atoms with Gasteiger partial charge < -0.3 is 10.6 Å². The summed E-state index contributed by atoms with van der Waals surface area (Å²) in [6.07, 6.45) is 0.685. The Bertz CT molecular complexity index is 225. The fourth-order valence-electron chi connectivity index (χ4n) is 1.52. The number of imide groups is 1. The Kier molecular flexibility index (Phi) is 2.25. The van der Waals surface area contributed by atoms with Crippen LogP contribution in [0.5, 0.6) is 0 Å². The van der Waals surface area contributed by atoms with Gasteiger partial charge >= 0.3 is 6.03 Å². The Hall–Kier alpha value is -0.810. The van der Waals surface area contributed by atoms with Gasteiger partial charge in [-0.1, -0.05) is 0 Å². The molecular formula is C6H10ClN3O2. The summed E-state index contributed by atoms with van der Waals surface area (Å²) in [6, 6.07) is -0.376. The minimum Gasteiger partial charge on any atom is -0.322 e. The number of hydrogen-bond acceptors (Lipinski definition) is 3. The summed E-state index contributed by atoms with van der Waals surface area (Å²) < 4.78 is 0. The van der Waals surface area contributed by atoms with Crippen molar-refractivity contribution in [3.63, 3.8) is 0 Å². The highest BCUT2D eigenvalue weighted by molar-refractivity contribution is 6.07. The summed E-state index contributed by atoms with van der Waals surface area (Å²) in [5, 5.41) is 7.87. The van der Waals surface area contributed by atoms with E-state index in [9.17, 15) is 9.59 Å². The fraction of sp³-hybridized carbons (Fsp3) is 0.667. The number of carbonyl (C=O) groups excluding carboxylic acids is 2. The highest BCUT2D eigenvalue weighted by Gasteiger charge is 2.47. The highest BCUT2D eigenvalue weighted by Crippen LogP contribution is 2.17. The van der Waals surface area contributed by atoms with Crippen molar-refractivity contribution in [1.29, 1.82) is 0 Å². The third kappa shape index (κ3) is 1.15. The molecule has 2 aliphatic heterocycles. The Labute approximate surface area is 75.7 Å². The number of hydrogen-bond donors (Lipinski definition) is 3. The zero-order chi connectivity index (χ0) is 7.90. The van der Waals surface area contributed by atoms with Crippen LogP contribution in [0.4, 0.5) is 4.79 Å². The van der Waals surface area contributed by atoms with E-state index in [0.717, 1.165) is 6.54 Å². The molecule has 3 amide bonds. The minimum atomic E-state index is -0.642. The molecule has 5 nitrogen and oxygen atoms in total. The summed E-state index contributed by atoms with van der Waals surface area (Å²) in [6.45, 7) is 1.33. The van der Waals surface area contributed by atoms with Crippen LogP contribution in [0.15, 0.2) is 0 Å². The number of carbonyl (C=O) groups is 2. The van der Waals surface area contributed by atoms with Crippen molar-refractivity contribution in [3.05, 3.63) is 0 Å². The molecule has 3 N–H and O–H groups in total. The molecule has 2 rings (SSSR count). The lowest BCUT2D eigenvalue weighted by Crippen LogP contribution is -2.48. The van der Waals surface area contributed by atoms with Gasteiger partial charge in [-0.15, -0.1) is 12.4 Å². The average molecular weight is 192 g/mol. The van der Waals surface area contributed by atoms with Crippen LogP contribution in [-0.4, -0.2) is 30.6 Å². The zero-order valence-corrected chi connectivity index (χ0v) is 7.16. The lowest BCUT2D eigenvalue weighted by atomic mass is 10.00. The molecule has 68 valence electrons. The predicted molar refractivity (Wildman–Crippen MR) is 44.1 cm³/mol. The maximum absolute atomic E-state index is 11.2. The lowest BCUT2D eigenvalue weighted by Gasteiger charge is -2.16. The van der Waals surface area contributed by atoms with E-state index in [1.165, 1.54) is 0 Å². The molecule has 6 heteroatoms. The van der Waals surface area contributed by atoms with Crippen molar-refractivity contribution in [2.45, 2.75) is 12.0 Å². The van der Waals surface area contributed by atoms with Crippen LogP contribution in [-0.2, 0) is 4.79 Å². The first-order valence-corrected chi connectivity index (χ1v) is 3.57. The van der Waals surface area contributed by atoms with Crippen LogP contribution in [0.25, 0.3) is 0 Å².